The highest BCUT2D eigenvalue weighted by molar-refractivity contribution is 5.82. The predicted octanol–water partition coefficient (Wildman–Crippen LogP) is 2.46. The second-order valence-corrected chi connectivity index (χ2v) is 4.87. The second-order valence-electron chi connectivity index (χ2n) is 4.87. The van der Waals surface area contributed by atoms with E-state index < -0.39 is 6.10 Å². The van der Waals surface area contributed by atoms with E-state index in [0.717, 1.165) is 5.56 Å². The molecule has 0 fully saturated rings. The number of hydrogen-bond acceptors (Lipinski definition) is 4. The van der Waals surface area contributed by atoms with Crippen molar-refractivity contribution in [2.45, 2.75) is 26.0 Å². The van der Waals surface area contributed by atoms with Gasteiger partial charge < -0.3 is 5.11 Å². The number of rotatable bonds is 4. The molecule has 0 spiro atoms. The van der Waals surface area contributed by atoms with E-state index in [-0.39, 0.29) is 5.82 Å². The molecule has 1 atom stereocenters. The summed E-state index contributed by atoms with van der Waals surface area (Å²) in [6.07, 6.45) is 3.31. The van der Waals surface area contributed by atoms with Crippen LogP contribution in [0.25, 0.3) is 10.9 Å². The third-order valence-electron chi connectivity index (χ3n) is 3.42. The molecule has 3 aromatic rings. The summed E-state index contributed by atoms with van der Waals surface area (Å²) >= 11 is 0. The molecule has 0 saturated carbocycles. The first-order valence-corrected chi connectivity index (χ1v) is 6.79. The number of aliphatic hydroxyl groups excluding tert-OH is 1. The normalized spacial score (nSPS) is 12.7. The van der Waals surface area contributed by atoms with Gasteiger partial charge in [0.25, 0.3) is 0 Å². The fourth-order valence-corrected chi connectivity index (χ4v) is 2.25. The standard InChI is InChI=1S/C15H15FN4O/c1-2-14(21)13-9-20(19-18-13)8-10-5-6-12(16)11-4-3-7-17-15(10)11/h3-7,9,14,21H,2,8H2,1H3. The van der Waals surface area contributed by atoms with Crippen molar-refractivity contribution in [2.75, 3.05) is 0 Å². The summed E-state index contributed by atoms with van der Waals surface area (Å²) in [7, 11) is 0. The maximum absolute atomic E-state index is 13.8. The lowest BCUT2D eigenvalue weighted by atomic mass is 10.1. The van der Waals surface area contributed by atoms with Gasteiger partial charge in [-0.05, 0) is 24.6 Å². The molecule has 0 saturated heterocycles. The molecule has 0 aliphatic carbocycles. The minimum absolute atomic E-state index is 0.289. The molecule has 6 heteroatoms. The predicted molar refractivity (Wildman–Crippen MR) is 76.1 cm³/mol. The summed E-state index contributed by atoms with van der Waals surface area (Å²) in [4.78, 5) is 4.25. The molecule has 1 N–H and O–H groups in total. The average molecular weight is 286 g/mol. The van der Waals surface area contributed by atoms with Crippen LogP contribution in [0.1, 0.15) is 30.7 Å². The molecule has 0 bridgehead atoms. The second kappa shape index (κ2) is 5.57. The summed E-state index contributed by atoms with van der Waals surface area (Å²) < 4.78 is 15.4. The van der Waals surface area contributed by atoms with Gasteiger partial charge in [-0.1, -0.05) is 18.2 Å². The molecule has 0 aliphatic rings. The topological polar surface area (TPSA) is 63.8 Å². The van der Waals surface area contributed by atoms with Gasteiger partial charge in [-0.3, -0.25) is 4.98 Å². The Morgan fingerprint density at radius 2 is 2.19 bits per heavy atom. The zero-order valence-corrected chi connectivity index (χ0v) is 11.6. The van der Waals surface area contributed by atoms with E-state index in [9.17, 15) is 9.50 Å². The third-order valence-corrected chi connectivity index (χ3v) is 3.42. The Hall–Kier alpha value is -2.34. The highest BCUT2D eigenvalue weighted by Gasteiger charge is 2.12. The molecule has 5 nitrogen and oxygen atoms in total. The number of halogens is 1. The van der Waals surface area contributed by atoms with Crippen LogP contribution in [-0.2, 0) is 6.54 Å². The molecule has 21 heavy (non-hydrogen) atoms. The van der Waals surface area contributed by atoms with Crippen LogP contribution in [0.15, 0.2) is 36.7 Å². The molecular formula is C15H15FN4O. The fraction of sp³-hybridized carbons (Fsp3) is 0.267. The smallest absolute Gasteiger partial charge is 0.132 e. The van der Waals surface area contributed by atoms with Crippen LogP contribution >= 0.6 is 0 Å². The zero-order valence-electron chi connectivity index (χ0n) is 11.6. The number of aliphatic hydroxyl groups is 1. The summed E-state index contributed by atoms with van der Waals surface area (Å²) in [6.45, 7) is 2.30. The summed E-state index contributed by atoms with van der Waals surface area (Å²) in [5, 5.41) is 18.2. The highest BCUT2D eigenvalue weighted by Crippen LogP contribution is 2.20. The summed E-state index contributed by atoms with van der Waals surface area (Å²) in [5.41, 5.74) is 2.01. The average Bonchev–Trinajstić information content (AvgIpc) is 2.98. The maximum atomic E-state index is 13.8. The van der Waals surface area contributed by atoms with Gasteiger partial charge >= 0.3 is 0 Å². The van der Waals surface area contributed by atoms with Gasteiger partial charge in [0, 0.05) is 17.1 Å². The monoisotopic (exact) mass is 286 g/mol. The lowest BCUT2D eigenvalue weighted by molar-refractivity contribution is 0.168. The Kier molecular flexibility index (Phi) is 3.62. The van der Waals surface area contributed by atoms with Crippen LogP contribution in [0.4, 0.5) is 4.39 Å². The minimum atomic E-state index is -0.609. The van der Waals surface area contributed by atoms with Gasteiger partial charge in [0.15, 0.2) is 0 Å². The first-order chi connectivity index (χ1) is 10.2. The third kappa shape index (κ3) is 2.62. The van der Waals surface area contributed by atoms with Gasteiger partial charge in [0.2, 0.25) is 0 Å². The minimum Gasteiger partial charge on any atom is -0.387 e. The van der Waals surface area contributed by atoms with Gasteiger partial charge in [-0.25, -0.2) is 9.07 Å². The number of fused-ring (bicyclic) bond motifs is 1. The van der Waals surface area contributed by atoms with Crippen LogP contribution in [-0.4, -0.2) is 25.1 Å². The molecule has 0 amide bonds. The number of aromatic nitrogens is 4. The largest absolute Gasteiger partial charge is 0.387 e. The molecule has 1 aromatic carbocycles. The van der Waals surface area contributed by atoms with E-state index in [1.54, 1.807) is 35.3 Å². The van der Waals surface area contributed by atoms with E-state index in [1.165, 1.54) is 6.07 Å². The van der Waals surface area contributed by atoms with E-state index in [0.29, 0.717) is 29.6 Å². The van der Waals surface area contributed by atoms with Crippen molar-refractivity contribution in [3.8, 4) is 0 Å². The molecule has 108 valence electrons. The van der Waals surface area contributed by atoms with Crippen molar-refractivity contribution >= 4 is 10.9 Å². The van der Waals surface area contributed by atoms with Crippen molar-refractivity contribution in [1.82, 2.24) is 20.0 Å². The quantitative estimate of drug-likeness (QED) is 0.800. The highest BCUT2D eigenvalue weighted by atomic mass is 19.1. The number of hydrogen-bond donors (Lipinski definition) is 1. The van der Waals surface area contributed by atoms with Crippen molar-refractivity contribution in [3.63, 3.8) is 0 Å². The van der Waals surface area contributed by atoms with E-state index in [4.69, 9.17) is 0 Å². The molecule has 2 heterocycles. The van der Waals surface area contributed by atoms with Crippen molar-refractivity contribution in [1.29, 1.82) is 0 Å². The van der Waals surface area contributed by atoms with Crippen LogP contribution in [0, 0.1) is 5.82 Å². The number of nitrogens with zero attached hydrogens (tertiary/aromatic N) is 4. The van der Waals surface area contributed by atoms with Crippen molar-refractivity contribution in [3.05, 3.63) is 53.7 Å². The lowest BCUT2D eigenvalue weighted by Gasteiger charge is -2.06. The Morgan fingerprint density at radius 3 is 3.00 bits per heavy atom. The fourth-order valence-electron chi connectivity index (χ4n) is 2.25. The van der Waals surface area contributed by atoms with Crippen molar-refractivity contribution < 1.29 is 9.50 Å². The first-order valence-electron chi connectivity index (χ1n) is 6.79. The molecular weight excluding hydrogens is 271 g/mol. The zero-order chi connectivity index (χ0) is 14.8. The maximum Gasteiger partial charge on any atom is 0.132 e. The first kappa shape index (κ1) is 13.6. The SMILES string of the molecule is CCC(O)c1cn(Cc2ccc(F)c3cccnc23)nn1. The van der Waals surface area contributed by atoms with Gasteiger partial charge in [0.05, 0.1) is 24.4 Å². The van der Waals surface area contributed by atoms with Gasteiger partial charge in [-0.2, -0.15) is 0 Å². The Labute approximate surface area is 121 Å². The Balaban J connectivity index is 1.95. The Bertz CT molecular complexity index is 771. The molecule has 1 unspecified atom stereocenters. The van der Waals surface area contributed by atoms with Gasteiger partial charge in [0.1, 0.15) is 11.5 Å². The number of pyridine rings is 1. The van der Waals surface area contributed by atoms with E-state index >= 15 is 0 Å². The molecule has 3 rings (SSSR count). The van der Waals surface area contributed by atoms with Crippen LogP contribution in [0.3, 0.4) is 0 Å². The molecule has 0 aliphatic heterocycles. The van der Waals surface area contributed by atoms with Gasteiger partial charge in [-0.15, -0.1) is 5.10 Å². The van der Waals surface area contributed by atoms with Crippen LogP contribution in [0.5, 0.6) is 0 Å². The van der Waals surface area contributed by atoms with E-state index in [1.807, 2.05) is 6.92 Å². The van der Waals surface area contributed by atoms with Crippen molar-refractivity contribution in [2.24, 2.45) is 0 Å². The number of benzene rings is 1. The van der Waals surface area contributed by atoms with Crippen LogP contribution in [0.2, 0.25) is 0 Å². The molecule has 2 aromatic heterocycles. The van der Waals surface area contributed by atoms with E-state index in [2.05, 4.69) is 15.3 Å². The molecule has 0 radical (unpaired) electrons. The van der Waals surface area contributed by atoms with Crippen LogP contribution < -0.4 is 0 Å². The lowest BCUT2D eigenvalue weighted by Crippen LogP contribution is -2.02. The summed E-state index contributed by atoms with van der Waals surface area (Å²) in [6, 6.07) is 6.54. The summed E-state index contributed by atoms with van der Waals surface area (Å²) in [5.74, 6) is -0.289. The Morgan fingerprint density at radius 1 is 1.33 bits per heavy atom.